The summed E-state index contributed by atoms with van der Waals surface area (Å²) in [6.45, 7) is 15.0. The minimum Gasteiger partial charge on any atom is -0.349 e. The molecule has 0 saturated heterocycles. The van der Waals surface area contributed by atoms with E-state index in [9.17, 15) is 9.79 Å². The molecule has 0 aromatic heterocycles. The van der Waals surface area contributed by atoms with Crippen LogP contribution in [0.25, 0.3) is 0 Å². The lowest BCUT2D eigenvalue weighted by molar-refractivity contribution is 0.316. The molecule has 20 heavy (non-hydrogen) atoms. The molecule has 0 bridgehead atoms. The van der Waals surface area contributed by atoms with Crippen molar-refractivity contribution in [3.05, 3.63) is 0 Å². The minimum atomic E-state index is -2.73. The summed E-state index contributed by atoms with van der Waals surface area (Å²) in [4.78, 5) is 20.6. The van der Waals surface area contributed by atoms with Crippen LogP contribution in [0.5, 0.6) is 0 Å². The third-order valence-electron chi connectivity index (χ3n) is 3.10. The quantitative estimate of drug-likeness (QED) is 0.490. The summed E-state index contributed by atoms with van der Waals surface area (Å²) < 4.78 is 0. The second kappa shape index (κ2) is 7.81. The molecule has 2 N–H and O–H groups in total. The van der Waals surface area contributed by atoms with Crippen LogP contribution < -0.4 is 0 Å². The molecule has 4 heteroatoms. The Kier molecular flexibility index (Phi) is 8.08. The smallest absolute Gasteiger partial charge is 0.141 e. The van der Waals surface area contributed by atoms with Crippen LogP contribution in [-0.4, -0.2) is 21.7 Å². The van der Waals surface area contributed by atoms with Gasteiger partial charge in [-0.2, -0.15) is 10.9 Å². The lowest BCUT2D eigenvalue weighted by Gasteiger charge is -2.26. The average molecular weight is 325 g/mol. The minimum absolute atomic E-state index is 0.260. The summed E-state index contributed by atoms with van der Waals surface area (Å²) >= 11 is 0. The van der Waals surface area contributed by atoms with Crippen molar-refractivity contribution in [2.45, 2.75) is 68.2 Å². The van der Waals surface area contributed by atoms with E-state index in [1.165, 1.54) is 0 Å². The van der Waals surface area contributed by atoms with Gasteiger partial charge in [0.05, 0.1) is 0 Å². The van der Waals surface area contributed by atoms with Gasteiger partial charge in [-0.1, -0.05) is 55.4 Å². The molecule has 124 valence electrons. The fraction of sp³-hybridized carbons (Fsp3) is 1.00. The first-order valence-electron chi connectivity index (χ1n) is 7.73. The van der Waals surface area contributed by atoms with Gasteiger partial charge in [0.25, 0.3) is 0 Å². The van der Waals surface area contributed by atoms with Gasteiger partial charge in [-0.25, -0.2) is 0 Å². The van der Waals surface area contributed by atoms with Crippen LogP contribution >= 0.6 is 6.49 Å². The van der Waals surface area contributed by atoms with Gasteiger partial charge in [0.1, 0.15) is 6.49 Å². The summed E-state index contributed by atoms with van der Waals surface area (Å²) in [6, 6.07) is 0. The van der Waals surface area contributed by atoms with Gasteiger partial charge in [0.15, 0.2) is 0 Å². The Hall–Kier alpha value is 0.700. The lowest BCUT2D eigenvalue weighted by atomic mass is 9.86. The molecule has 2 unspecified atom stereocenters. The maximum atomic E-state index is 10.3. The molecule has 0 saturated carbocycles. The van der Waals surface area contributed by atoms with Crippen LogP contribution in [0.2, 0.25) is 0 Å². The van der Waals surface area contributed by atoms with E-state index < -0.39 is 6.49 Å². The van der Waals surface area contributed by atoms with Crippen molar-refractivity contribution in [1.82, 2.24) is 0 Å². The van der Waals surface area contributed by atoms with Gasteiger partial charge < -0.3 is 9.79 Å². The van der Waals surface area contributed by atoms with Crippen molar-refractivity contribution in [2.24, 2.45) is 22.7 Å². The standard InChI is InChI=1S/C16H37O2PS/c1-13(9-15(3,4)5)11-19(17,18)20-12-14(2)10-16(6,7)8/h13-14,17-18,20H,9-12H2,1-8H3. The summed E-state index contributed by atoms with van der Waals surface area (Å²) in [7, 11) is 0.865. The first kappa shape index (κ1) is 20.7. The third kappa shape index (κ3) is 12.4. The molecule has 0 aromatic rings. The topological polar surface area (TPSA) is 40.5 Å². The van der Waals surface area contributed by atoms with Crippen molar-refractivity contribution in [1.29, 1.82) is 0 Å². The summed E-state index contributed by atoms with van der Waals surface area (Å²) in [6.07, 6.45) is 2.76. The molecule has 0 radical (unpaired) electrons. The molecule has 2 nitrogen and oxygen atoms in total. The molecular formula is C16H37O2PS. The van der Waals surface area contributed by atoms with Crippen LogP contribution in [0.1, 0.15) is 68.2 Å². The zero-order chi connectivity index (χ0) is 16.2. The fourth-order valence-corrected chi connectivity index (χ4v) is 7.52. The Morgan fingerprint density at radius 3 is 1.65 bits per heavy atom. The van der Waals surface area contributed by atoms with Crippen molar-refractivity contribution in [3.8, 4) is 0 Å². The monoisotopic (exact) mass is 324 g/mol. The Morgan fingerprint density at radius 2 is 1.25 bits per heavy atom. The van der Waals surface area contributed by atoms with E-state index in [4.69, 9.17) is 0 Å². The Labute approximate surface area is 130 Å². The van der Waals surface area contributed by atoms with Gasteiger partial charge in [-0.15, -0.1) is 0 Å². The second-order valence-corrected chi connectivity index (χ2v) is 14.1. The van der Waals surface area contributed by atoms with Crippen molar-refractivity contribution in [2.75, 3.05) is 11.9 Å². The zero-order valence-electron chi connectivity index (χ0n) is 14.8. The predicted molar refractivity (Wildman–Crippen MR) is 96.3 cm³/mol. The highest BCUT2D eigenvalue weighted by molar-refractivity contribution is 8.18. The largest absolute Gasteiger partial charge is 0.349 e. The molecule has 0 amide bonds. The summed E-state index contributed by atoms with van der Waals surface area (Å²) in [5.74, 6) is 1.83. The Morgan fingerprint density at radius 1 is 0.850 bits per heavy atom. The van der Waals surface area contributed by atoms with Crippen LogP contribution in [0.3, 0.4) is 0 Å². The van der Waals surface area contributed by atoms with Crippen LogP contribution in [0.15, 0.2) is 0 Å². The maximum Gasteiger partial charge on any atom is 0.141 e. The predicted octanol–water partition coefficient (Wildman–Crippen LogP) is 4.69. The SMILES string of the molecule is CC(C[SH]=P(O)(O)CC(C)CC(C)(C)C)CC(C)(C)C. The van der Waals surface area contributed by atoms with E-state index in [2.05, 4.69) is 55.4 Å². The number of rotatable bonds is 6. The molecule has 0 fully saturated rings. The first-order chi connectivity index (χ1) is 8.70. The van der Waals surface area contributed by atoms with E-state index in [-0.39, 0.29) is 5.41 Å². The number of hydrogen-bond acceptors (Lipinski definition) is 0. The van der Waals surface area contributed by atoms with Crippen molar-refractivity contribution >= 4 is 17.4 Å². The highest BCUT2D eigenvalue weighted by Crippen LogP contribution is 2.43. The Balaban J connectivity index is 4.45. The molecule has 0 aliphatic rings. The molecular weight excluding hydrogens is 287 g/mol. The van der Waals surface area contributed by atoms with Gasteiger partial charge in [-0.3, -0.25) is 0 Å². The molecule has 0 aliphatic heterocycles. The normalized spacial score (nSPS) is 17.1. The third-order valence-corrected chi connectivity index (χ3v) is 7.79. The molecule has 0 heterocycles. The van der Waals surface area contributed by atoms with Crippen molar-refractivity contribution < 1.29 is 9.79 Å². The molecule has 2 atom stereocenters. The number of thiol groups is 1. The molecule has 0 spiro atoms. The average Bonchev–Trinajstić information content (AvgIpc) is 2.07. The molecule has 0 rings (SSSR count). The van der Waals surface area contributed by atoms with Crippen LogP contribution in [-0.2, 0) is 10.9 Å². The van der Waals surface area contributed by atoms with E-state index in [0.29, 0.717) is 23.4 Å². The Bertz CT molecular complexity index is 333. The van der Waals surface area contributed by atoms with E-state index in [1.807, 2.05) is 0 Å². The fourth-order valence-electron chi connectivity index (χ4n) is 2.97. The zero-order valence-corrected chi connectivity index (χ0v) is 16.6. The summed E-state index contributed by atoms with van der Waals surface area (Å²) in [5, 5.41) is 0. The van der Waals surface area contributed by atoms with Gasteiger partial charge in [0, 0.05) is 6.16 Å². The van der Waals surface area contributed by atoms with E-state index >= 15 is 0 Å². The maximum absolute atomic E-state index is 10.3. The summed E-state index contributed by atoms with van der Waals surface area (Å²) in [5.41, 5.74) is 0.580. The van der Waals surface area contributed by atoms with E-state index in [0.717, 1.165) is 29.5 Å². The second-order valence-electron chi connectivity index (χ2n) is 8.94. The van der Waals surface area contributed by atoms with Crippen LogP contribution in [0, 0.1) is 22.7 Å². The van der Waals surface area contributed by atoms with E-state index in [1.54, 1.807) is 0 Å². The number of hydrogen-bond donors (Lipinski definition) is 3. The van der Waals surface area contributed by atoms with Gasteiger partial charge in [0.2, 0.25) is 0 Å². The highest BCUT2D eigenvalue weighted by atomic mass is 32.5. The van der Waals surface area contributed by atoms with Crippen LogP contribution in [0.4, 0.5) is 0 Å². The first-order valence-corrected chi connectivity index (χ1v) is 11.4. The lowest BCUT2D eigenvalue weighted by Crippen LogP contribution is -2.15. The highest BCUT2D eigenvalue weighted by Gasteiger charge is 2.21. The van der Waals surface area contributed by atoms with Crippen molar-refractivity contribution in [3.63, 3.8) is 0 Å². The van der Waals surface area contributed by atoms with Gasteiger partial charge in [-0.05, 0) is 41.3 Å². The molecule has 0 aliphatic carbocycles. The molecule has 0 aromatic carbocycles. The van der Waals surface area contributed by atoms with Gasteiger partial charge >= 0.3 is 0 Å².